The second-order valence-electron chi connectivity index (χ2n) is 12.7. The summed E-state index contributed by atoms with van der Waals surface area (Å²) in [6.07, 6.45) is 9.03. The molecule has 0 aliphatic heterocycles. The molecule has 0 N–H and O–H groups in total. The van der Waals surface area contributed by atoms with Crippen LogP contribution in [-0.2, 0) is 9.47 Å². The van der Waals surface area contributed by atoms with E-state index < -0.39 is 0 Å². The van der Waals surface area contributed by atoms with Gasteiger partial charge in [0, 0.05) is 55.1 Å². The van der Waals surface area contributed by atoms with Gasteiger partial charge in [0.2, 0.25) is 0 Å². The molecule has 8 atom stereocenters. The van der Waals surface area contributed by atoms with Crippen molar-refractivity contribution in [2.24, 2.45) is 34.5 Å². The van der Waals surface area contributed by atoms with Crippen LogP contribution in [0.4, 0.5) is 9.59 Å². The zero-order valence-corrected chi connectivity index (χ0v) is 26.5. The summed E-state index contributed by atoms with van der Waals surface area (Å²) in [5.74, 6) is 3.99. The standard InChI is InChI=1S/C29H46Cl4N2O4/c1-28-9-7-21(38-26(36)34(15-11-30)16-12-31)19-20(28)3-4-22-23-5-6-25(29(23,2)10-8-24(22)28)39-27(37)35(17-13-32)18-14-33/h20-25H,3-19H2,1-2H3/t20-,21+,22+,23+,24+,25+,28+,29+/m1/s1. The lowest BCUT2D eigenvalue weighted by atomic mass is 9.45. The fourth-order valence-corrected chi connectivity index (χ4v) is 9.70. The van der Waals surface area contributed by atoms with Crippen LogP contribution >= 0.6 is 46.4 Å². The van der Waals surface area contributed by atoms with Crippen molar-refractivity contribution in [2.45, 2.75) is 83.8 Å². The predicted octanol–water partition coefficient (Wildman–Crippen LogP) is 7.60. The Balaban J connectivity index is 1.38. The zero-order chi connectivity index (χ0) is 28.2. The summed E-state index contributed by atoms with van der Waals surface area (Å²) in [7, 11) is 0. The zero-order valence-electron chi connectivity index (χ0n) is 23.5. The Labute approximate surface area is 254 Å². The van der Waals surface area contributed by atoms with Crippen LogP contribution < -0.4 is 0 Å². The molecule has 0 saturated heterocycles. The van der Waals surface area contributed by atoms with Crippen LogP contribution in [0.5, 0.6) is 0 Å². The molecule has 0 radical (unpaired) electrons. The van der Waals surface area contributed by atoms with E-state index in [0.29, 0.717) is 73.4 Å². The SMILES string of the molecule is C[C@]12CC[C@H](OC(=O)N(CCCl)CCCl)C[C@H]1CC[C@@H]1[C@@H]2CC[C@]2(C)[C@@H](OC(=O)N(CCCl)CCCl)CC[C@@H]12. The average Bonchev–Trinajstić information content (AvgIpc) is 3.24. The molecule has 0 heterocycles. The molecule has 0 bridgehead atoms. The van der Waals surface area contributed by atoms with E-state index in [1.54, 1.807) is 9.80 Å². The molecule has 4 fully saturated rings. The second kappa shape index (κ2) is 13.8. The molecule has 4 aliphatic rings. The molecular weight excluding hydrogens is 582 g/mol. The maximum atomic E-state index is 13.0. The monoisotopic (exact) mass is 626 g/mol. The maximum Gasteiger partial charge on any atom is 0.410 e. The molecule has 6 nitrogen and oxygen atoms in total. The van der Waals surface area contributed by atoms with Crippen molar-refractivity contribution >= 4 is 58.6 Å². The highest BCUT2D eigenvalue weighted by Crippen LogP contribution is 2.66. The predicted molar refractivity (Wildman–Crippen MR) is 158 cm³/mol. The third-order valence-corrected chi connectivity index (χ3v) is 11.7. The summed E-state index contributed by atoms with van der Waals surface area (Å²) in [6.45, 7) is 6.70. The Hall–Kier alpha value is -0.300. The second-order valence-corrected chi connectivity index (χ2v) is 14.2. The van der Waals surface area contributed by atoms with E-state index in [2.05, 4.69) is 13.8 Å². The lowest BCUT2D eigenvalue weighted by molar-refractivity contribution is -0.136. The Morgan fingerprint density at radius 1 is 0.692 bits per heavy atom. The van der Waals surface area contributed by atoms with E-state index in [9.17, 15) is 9.59 Å². The lowest BCUT2D eigenvalue weighted by Crippen LogP contribution is -2.55. The summed E-state index contributed by atoms with van der Waals surface area (Å²) in [5.41, 5.74) is 0.292. The first-order valence-electron chi connectivity index (χ1n) is 14.9. The number of hydrogen-bond acceptors (Lipinski definition) is 4. The van der Waals surface area contributed by atoms with Crippen LogP contribution in [0.3, 0.4) is 0 Å². The molecular formula is C29H46Cl4N2O4. The molecule has 0 spiro atoms. The van der Waals surface area contributed by atoms with Gasteiger partial charge in [-0.1, -0.05) is 13.8 Å². The summed E-state index contributed by atoms with van der Waals surface area (Å²) >= 11 is 23.6. The van der Waals surface area contributed by atoms with Gasteiger partial charge < -0.3 is 19.3 Å². The van der Waals surface area contributed by atoms with Gasteiger partial charge >= 0.3 is 12.2 Å². The van der Waals surface area contributed by atoms with E-state index in [-0.39, 0.29) is 35.2 Å². The highest BCUT2D eigenvalue weighted by atomic mass is 35.5. The van der Waals surface area contributed by atoms with Crippen molar-refractivity contribution in [1.29, 1.82) is 0 Å². The number of halogens is 4. The maximum absolute atomic E-state index is 13.0. The van der Waals surface area contributed by atoms with Gasteiger partial charge in [0.15, 0.2) is 0 Å². The molecule has 0 unspecified atom stereocenters. The molecule has 39 heavy (non-hydrogen) atoms. The fraction of sp³-hybridized carbons (Fsp3) is 0.931. The van der Waals surface area contributed by atoms with E-state index in [1.807, 2.05) is 0 Å². The van der Waals surface area contributed by atoms with Crippen LogP contribution in [-0.4, -0.2) is 83.9 Å². The Kier molecular flexibility index (Phi) is 11.2. The van der Waals surface area contributed by atoms with Crippen LogP contribution in [0.1, 0.15) is 71.6 Å². The molecule has 0 aromatic rings. The van der Waals surface area contributed by atoms with Crippen LogP contribution in [0.15, 0.2) is 0 Å². The number of carbonyl (C=O) groups is 2. The van der Waals surface area contributed by atoms with E-state index >= 15 is 0 Å². The van der Waals surface area contributed by atoms with Crippen molar-refractivity contribution in [3.63, 3.8) is 0 Å². The fourth-order valence-electron chi connectivity index (χ4n) is 8.88. The Bertz CT molecular complexity index is 840. The summed E-state index contributed by atoms with van der Waals surface area (Å²) in [5, 5.41) is 0. The average molecular weight is 629 g/mol. The lowest BCUT2D eigenvalue weighted by Gasteiger charge is -2.60. The van der Waals surface area contributed by atoms with Crippen LogP contribution in [0.2, 0.25) is 0 Å². The number of alkyl halides is 4. The minimum absolute atomic E-state index is 0.0225. The Morgan fingerprint density at radius 2 is 1.23 bits per heavy atom. The Morgan fingerprint density at radius 3 is 1.82 bits per heavy atom. The van der Waals surface area contributed by atoms with Crippen LogP contribution in [0, 0.1) is 34.5 Å². The topological polar surface area (TPSA) is 59.1 Å². The van der Waals surface area contributed by atoms with Gasteiger partial charge in [-0.2, -0.15) is 0 Å². The number of fused-ring (bicyclic) bond motifs is 5. The van der Waals surface area contributed by atoms with Gasteiger partial charge in [-0.15, -0.1) is 46.4 Å². The summed E-state index contributed by atoms with van der Waals surface area (Å²) in [6, 6.07) is 0. The minimum Gasteiger partial charge on any atom is -0.446 e. The molecule has 2 amide bonds. The number of amides is 2. The first kappa shape index (κ1) is 31.6. The van der Waals surface area contributed by atoms with Crippen molar-refractivity contribution in [3.05, 3.63) is 0 Å². The van der Waals surface area contributed by atoms with E-state index in [4.69, 9.17) is 55.9 Å². The van der Waals surface area contributed by atoms with Crippen LogP contribution in [0.25, 0.3) is 0 Å². The van der Waals surface area contributed by atoms with E-state index in [1.165, 1.54) is 19.3 Å². The third kappa shape index (κ3) is 6.54. The van der Waals surface area contributed by atoms with Crippen molar-refractivity contribution < 1.29 is 19.1 Å². The van der Waals surface area contributed by atoms with Crippen molar-refractivity contribution in [1.82, 2.24) is 9.80 Å². The van der Waals surface area contributed by atoms with E-state index in [0.717, 1.165) is 38.5 Å². The quantitative estimate of drug-likeness (QED) is 0.234. The largest absolute Gasteiger partial charge is 0.446 e. The molecule has 4 rings (SSSR count). The van der Waals surface area contributed by atoms with Crippen molar-refractivity contribution in [3.8, 4) is 0 Å². The molecule has 224 valence electrons. The van der Waals surface area contributed by atoms with Gasteiger partial charge in [0.25, 0.3) is 0 Å². The molecule has 4 aliphatic carbocycles. The highest BCUT2D eigenvalue weighted by molar-refractivity contribution is 6.19. The first-order valence-corrected chi connectivity index (χ1v) is 17.0. The van der Waals surface area contributed by atoms with Crippen molar-refractivity contribution in [2.75, 3.05) is 49.7 Å². The third-order valence-electron chi connectivity index (χ3n) is 11.0. The smallest absolute Gasteiger partial charge is 0.410 e. The molecule has 0 aromatic heterocycles. The minimum atomic E-state index is -0.283. The summed E-state index contributed by atoms with van der Waals surface area (Å²) < 4.78 is 12.1. The number of carbonyl (C=O) groups excluding carboxylic acids is 2. The normalized spacial score (nSPS) is 37.3. The highest BCUT2D eigenvalue weighted by Gasteiger charge is 2.61. The molecule has 10 heteroatoms. The number of hydrogen-bond donors (Lipinski definition) is 0. The van der Waals surface area contributed by atoms with Gasteiger partial charge in [0.1, 0.15) is 12.2 Å². The number of nitrogens with zero attached hydrogens (tertiary/aromatic N) is 2. The summed E-state index contributed by atoms with van der Waals surface area (Å²) in [4.78, 5) is 29.0. The number of ether oxygens (including phenoxy) is 2. The van der Waals surface area contributed by atoms with Gasteiger partial charge in [0.05, 0.1) is 0 Å². The number of rotatable bonds is 10. The molecule has 4 saturated carbocycles. The van der Waals surface area contributed by atoms with Gasteiger partial charge in [-0.25, -0.2) is 9.59 Å². The van der Waals surface area contributed by atoms with Gasteiger partial charge in [-0.3, -0.25) is 0 Å². The first-order chi connectivity index (χ1) is 18.7. The molecule has 0 aromatic carbocycles. The van der Waals surface area contributed by atoms with Gasteiger partial charge in [-0.05, 0) is 86.9 Å².